The number of carbonyl (C=O) groups is 3. The zero-order valence-electron chi connectivity index (χ0n) is 31.0. The maximum atomic E-state index is 13.8. The zero-order chi connectivity index (χ0) is 39.0. The number of aromatic nitrogens is 6. The van der Waals surface area contributed by atoms with Crippen LogP contribution < -0.4 is 27.2 Å². The van der Waals surface area contributed by atoms with Gasteiger partial charge in [-0.1, -0.05) is 54.6 Å². The van der Waals surface area contributed by atoms with Crippen LogP contribution in [0.2, 0.25) is 0 Å². The first-order chi connectivity index (χ1) is 26.4. The molecule has 5 aromatic rings. The molecule has 55 heavy (non-hydrogen) atoms. The molecule has 1 saturated carbocycles. The number of ether oxygens (including phenoxy) is 1. The SMILES string of the molecule is CC(C)(C)OC(=O)NCC1CCC(C(=O)N[C@@H](Cc2ccc(-c3cn(Cc4ccccc4)c(=O)[nH]c3=O)cc2)C(=O)Nc2ccc(-c3nn[nH]n3)cc2)CC1. The number of benzene rings is 3. The molecule has 0 aliphatic heterocycles. The smallest absolute Gasteiger partial charge is 0.407 e. The average molecular weight is 748 g/mol. The summed E-state index contributed by atoms with van der Waals surface area (Å²) in [6.07, 6.45) is 4.00. The highest BCUT2D eigenvalue weighted by molar-refractivity contribution is 5.97. The quantitative estimate of drug-likeness (QED) is 0.122. The van der Waals surface area contributed by atoms with Crippen molar-refractivity contribution in [1.29, 1.82) is 0 Å². The molecule has 286 valence electrons. The van der Waals surface area contributed by atoms with Gasteiger partial charge in [0.05, 0.1) is 12.1 Å². The molecule has 0 spiro atoms. The Hall–Kier alpha value is -6.38. The van der Waals surface area contributed by atoms with Crippen molar-refractivity contribution < 1.29 is 19.1 Å². The first-order valence-corrected chi connectivity index (χ1v) is 18.3. The molecule has 0 bridgehead atoms. The van der Waals surface area contributed by atoms with Crippen LogP contribution in [-0.2, 0) is 27.3 Å². The number of H-pyrrole nitrogens is 2. The molecule has 5 N–H and O–H groups in total. The second-order valence-corrected chi connectivity index (χ2v) is 14.8. The molecule has 15 heteroatoms. The zero-order valence-corrected chi connectivity index (χ0v) is 31.0. The summed E-state index contributed by atoms with van der Waals surface area (Å²) in [6, 6.07) is 22.6. The summed E-state index contributed by atoms with van der Waals surface area (Å²) in [5, 5.41) is 22.7. The van der Waals surface area contributed by atoms with Crippen LogP contribution in [0.4, 0.5) is 10.5 Å². The number of tetrazole rings is 1. The molecule has 0 radical (unpaired) electrons. The van der Waals surface area contributed by atoms with Gasteiger partial charge in [0.15, 0.2) is 0 Å². The van der Waals surface area contributed by atoms with Crippen molar-refractivity contribution in [2.45, 2.75) is 71.1 Å². The Bertz CT molecular complexity index is 2190. The minimum Gasteiger partial charge on any atom is -0.444 e. The Morgan fingerprint density at radius 3 is 2.24 bits per heavy atom. The lowest BCUT2D eigenvalue weighted by Crippen LogP contribution is -2.48. The van der Waals surface area contributed by atoms with Crippen molar-refractivity contribution in [3.8, 4) is 22.5 Å². The van der Waals surface area contributed by atoms with E-state index >= 15 is 0 Å². The van der Waals surface area contributed by atoms with Crippen molar-refractivity contribution >= 4 is 23.6 Å². The molecule has 1 aliphatic carbocycles. The first-order valence-electron chi connectivity index (χ1n) is 18.3. The number of carbonyl (C=O) groups excluding carboxylic acids is 3. The molecule has 0 unspecified atom stereocenters. The minimum atomic E-state index is -0.919. The lowest BCUT2D eigenvalue weighted by molar-refractivity contribution is -0.130. The van der Waals surface area contributed by atoms with E-state index in [-0.39, 0.29) is 24.2 Å². The monoisotopic (exact) mass is 747 g/mol. The highest BCUT2D eigenvalue weighted by Crippen LogP contribution is 2.29. The number of hydrogen-bond acceptors (Lipinski definition) is 9. The van der Waals surface area contributed by atoms with Crippen LogP contribution in [0.15, 0.2) is 94.6 Å². The molecule has 2 aromatic heterocycles. The van der Waals surface area contributed by atoms with E-state index in [1.165, 1.54) is 4.57 Å². The first kappa shape index (κ1) is 38.3. The molecule has 3 amide bonds. The molecule has 15 nitrogen and oxygen atoms in total. The van der Waals surface area contributed by atoms with Crippen LogP contribution in [0, 0.1) is 11.8 Å². The Morgan fingerprint density at radius 1 is 0.891 bits per heavy atom. The topological polar surface area (TPSA) is 206 Å². The van der Waals surface area contributed by atoms with Crippen molar-refractivity contribution in [3.05, 3.63) is 117 Å². The van der Waals surface area contributed by atoms with Gasteiger partial charge in [0, 0.05) is 36.3 Å². The number of hydrogen-bond donors (Lipinski definition) is 5. The van der Waals surface area contributed by atoms with Gasteiger partial charge in [0.2, 0.25) is 17.6 Å². The molecule has 1 atom stereocenters. The highest BCUT2D eigenvalue weighted by atomic mass is 16.6. The van der Waals surface area contributed by atoms with Crippen LogP contribution >= 0.6 is 0 Å². The Balaban J connectivity index is 1.14. The van der Waals surface area contributed by atoms with Gasteiger partial charge in [-0.25, -0.2) is 9.59 Å². The summed E-state index contributed by atoms with van der Waals surface area (Å²) in [7, 11) is 0. The van der Waals surface area contributed by atoms with Crippen LogP contribution in [0.1, 0.15) is 57.6 Å². The Kier molecular flexibility index (Phi) is 12.0. The lowest BCUT2D eigenvalue weighted by atomic mass is 9.81. The summed E-state index contributed by atoms with van der Waals surface area (Å²) in [4.78, 5) is 67.5. The second-order valence-electron chi connectivity index (χ2n) is 14.8. The third kappa shape index (κ3) is 10.6. The van der Waals surface area contributed by atoms with E-state index in [0.717, 1.165) is 24.0 Å². The normalized spacial score (nSPS) is 16.1. The van der Waals surface area contributed by atoms with Crippen molar-refractivity contribution in [1.82, 2.24) is 40.8 Å². The number of aromatic amines is 2. The van der Waals surface area contributed by atoms with Crippen LogP contribution in [-0.4, -0.2) is 66.3 Å². The summed E-state index contributed by atoms with van der Waals surface area (Å²) >= 11 is 0. The number of rotatable bonds is 12. The number of anilines is 1. The van der Waals surface area contributed by atoms with Gasteiger partial charge in [0.25, 0.3) is 5.56 Å². The van der Waals surface area contributed by atoms with Gasteiger partial charge in [-0.2, -0.15) is 5.21 Å². The fourth-order valence-corrected chi connectivity index (χ4v) is 6.55. The molecule has 1 fully saturated rings. The number of nitrogens with one attached hydrogen (secondary N) is 5. The number of amides is 3. The van der Waals surface area contributed by atoms with Crippen LogP contribution in [0.3, 0.4) is 0 Å². The van der Waals surface area contributed by atoms with Crippen molar-refractivity contribution in [2.24, 2.45) is 11.8 Å². The third-order valence-corrected chi connectivity index (χ3v) is 9.45. The van der Waals surface area contributed by atoms with E-state index in [1.54, 1.807) is 54.7 Å². The Labute approximate surface area is 317 Å². The van der Waals surface area contributed by atoms with Crippen molar-refractivity contribution in [2.75, 3.05) is 11.9 Å². The maximum absolute atomic E-state index is 13.8. The maximum Gasteiger partial charge on any atom is 0.407 e. The Morgan fingerprint density at radius 2 is 1.58 bits per heavy atom. The predicted octanol–water partition coefficient (Wildman–Crippen LogP) is 4.43. The van der Waals surface area contributed by atoms with E-state index < -0.39 is 34.9 Å². The fraction of sp³-hybridized carbons (Fsp3) is 0.350. The van der Waals surface area contributed by atoms with Crippen LogP contribution in [0.5, 0.6) is 0 Å². The molecule has 0 saturated heterocycles. The van der Waals surface area contributed by atoms with Gasteiger partial charge >= 0.3 is 11.8 Å². The van der Waals surface area contributed by atoms with E-state index in [0.29, 0.717) is 54.1 Å². The summed E-state index contributed by atoms with van der Waals surface area (Å²) in [6.45, 7) is 6.20. The molecule has 6 rings (SSSR count). The van der Waals surface area contributed by atoms with E-state index in [9.17, 15) is 24.0 Å². The average Bonchev–Trinajstić information content (AvgIpc) is 3.71. The largest absolute Gasteiger partial charge is 0.444 e. The lowest BCUT2D eigenvalue weighted by Gasteiger charge is -2.29. The molecule has 3 aromatic carbocycles. The minimum absolute atomic E-state index is 0.178. The van der Waals surface area contributed by atoms with Gasteiger partial charge < -0.3 is 20.7 Å². The number of alkyl carbamates (subject to hydrolysis) is 1. The van der Waals surface area contributed by atoms with Crippen molar-refractivity contribution in [3.63, 3.8) is 0 Å². The number of nitrogens with zero attached hydrogens (tertiary/aromatic N) is 4. The predicted molar refractivity (Wildman–Crippen MR) is 206 cm³/mol. The van der Waals surface area contributed by atoms with Crippen LogP contribution in [0.25, 0.3) is 22.5 Å². The molecule has 2 heterocycles. The fourth-order valence-electron chi connectivity index (χ4n) is 6.55. The van der Waals surface area contributed by atoms with E-state index in [4.69, 9.17) is 4.74 Å². The van der Waals surface area contributed by atoms with Gasteiger partial charge in [0.1, 0.15) is 11.6 Å². The molecular formula is C40H45N9O6. The van der Waals surface area contributed by atoms with Gasteiger partial charge in [-0.3, -0.25) is 23.9 Å². The summed E-state index contributed by atoms with van der Waals surface area (Å²) in [5.41, 5.74) is 2.22. The van der Waals surface area contributed by atoms with Gasteiger partial charge in [-0.05, 0) is 98.5 Å². The summed E-state index contributed by atoms with van der Waals surface area (Å²) in [5.74, 6) is -0.268. The van der Waals surface area contributed by atoms with E-state index in [2.05, 4.69) is 41.6 Å². The highest BCUT2D eigenvalue weighted by Gasteiger charge is 2.30. The third-order valence-electron chi connectivity index (χ3n) is 9.45. The summed E-state index contributed by atoms with van der Waals surface area (Å²) < 4.78 is 6.80. The van der Waals surface area contributed by atoms with Gasteiger partial charge in [-0.15, -0.1) is 10.2 Å². The standard InChI is InChI=1S/C40H45N9O6/c1-40(2,3)55-39(54)41-22-26-11-15-30(16-12-26)35(50)43-33(37(52)42-31-19-17-29(18-20-31)34-45-47-48-46-34)21-25-9-13-28(14-10-25)32-24-49(38(53)44-36(32)51)23-27-7-5-4-6-8-27/h4-10,13-14,17-20,24,26,30,33H,11-12,15-16,21-23H2,1-3H3,(H,41,54)(H,42,52)(H,43,50)(H,44,51,53)(H,45,46,47,48)/t26?,30?,33-/m0/s1. The molecular weight excluding hydrogens is 702 g/mol. The van der Waals surface area contributed by atoms with E-state index in [1.807, 2.05) is 51.1 Å². The molecule has 1 aliphatic rings. The second kappa shape index (κ2) is 17.2.